The number of carbonyl (C=O) groups excluding carboxylic acids is 1. The first kappa shape index (κ1) is 14.2. The van der Waals surface area contributed by atoms with Crippen molar-refractivity contribution in [2.45, 2.75) is 43.9 Å². The molecule has 1 aromatic rings. The predicted octanol–water partition coefficient (Wildman–Crippen LogP) is 2.35. The van der Waals surface area contributed by atoms with Crippen LogP contribution in [0.5, 0.6) is 0 Å². The van der Waals surface area contributed by atoms with Crippen molar-refractivity contribution >= 4 is 11.7 Å². The molecule has 114 valence electrons. The van der Waals surface area contributed by atoms with Gasteiger partial charge in [-0.2, -0.15) is 13.2 Å². The van der Waals surface area contributed by atoms with Crippen molar-refractivity contribution < 1.29 is 18.0 Å². The molecule has 1 aromatic heterocycles. The van der Waals surface area contributed by atoms with Crippen LogP contribution < -0.4 is 10.2 Å². The van der Waals surface area contributed by atoms with E-state index in [4.69, 9.17) is 0 Å². The van der Waals surface area contributed by atoms with Crippen molar-refractivity contribution in [1.82, 2.24) is 10.3 Å². The van der Waals surface area contributed by atoms with Gasteiger partial charge < -0.3 is 10.2 Å². The zero-order valence-corrected chi connectivity index (χ0v) is 11.4. The Bertz CT molecular complexity index is 529. The van der Waals surface area contributed by atoms with Crippen molar-refractivity contribution in [2.75, 3.05) is 11.4 Å². The fraction of sp³-hybridized carbons (Fsp3) is 0.571. The molecule has 2 aliphatic rings. The van der Waals surface area contributed by atoms with E-state index in [0.29, 0.717) is 5.82 Å². The Balaban J connectivity index is 1.85. The molecule has 0 aromatic carbocycles. The minimum atomic E-state index is -4.39. The first-order valence-corrected chi connectivity index (χ1v) is 7.04. The molecule has 0 unspecified atom stereocenters. The van der Waals surface area contributed by atoms with Crippen molar-refractivity contribution in [3.8, 4) is 0 Å². The molecule has 3 rings (SSSR count). The molecule has 1 aliphatic carbocycles. The second-order valence-electron chi connectivity index (χ2n) is 5.56. The first-order valence-electron chi connectivity index (χ1n) is 7.04. The van der Waals surface area contributed by atoms with Gasteiger partial charge in [-0.25, -0.2) is 4.98 Å². The summed E-state index contributed by atoms with van der Waals surface area (Å²) in [5, 5.41) is 2.97. The van der Waals surface area contributed by atoms with Crippen LogP contribution in [0.4, 0.5) is 19.0 Å². The van der Waals surface area contributed by atoms with Crippen LogP contribution in [0.1, 0.15) is 31.2 Å². The lowest BCUT2D eigenvalue weighted by Gasteiger charge is -2.44. The van der Waals surface area contributed by atoms with Gasteiger partial charge in [-0.15, -0.1) is 0 Å². The summed E-state index contributed by atoms with van der Waals surface area (Å²) < 4.78 is 37.7. The Hall–Kier alpha value is -1.79. The number of pyridine rings is 1. The Morgan fingerprint density at radius 1 is 1.24 bits per heavy atom. The number of hydrogen-bond acceptors (Lipinski definition) is 3. The van der Waals surface area contributed by atoms with Crippen LogP contribution in [-0.4, -0.2) is 29.5 Å². The van der Waals surface area contributed by atoms with Crippen LogP contribution in [0, 0.1) is 0 Å². The summed E-state index contributed by atoms with van der Waals surface area (Å²) >= 11 is 0. The number of amides is 1. The highest BCUT2D eigenvalue weighted by molar-refractivity contribution is 5.83. The van der Waals surface area contributed by atoms with Gasteiger partial charge in [0, 0.05) is 12.2 Å². The second kappa shape index (κ2) is 5.20. The maximum absolute atomic E-state index is 12.6. The van der Waals surface area contributed by atoms with Crippen LogP contribution in [0.3, 0.4) is 0 Å². The van der Waals surface area contributed by atoms with E-state index in [1.54, 1.807) is 0 Å². The Morgan fingerprint density at radius 2 is 2.00 bits per heavy atom. The van der Waals surface area contributed by atoms with Gasteiger partial charge in [0.25, 0.3) is 0 Å². The highest BCUT2D eigenvalue weighted by atomic mass is 19.4. The van der Waals surface area contributed by atoms with Crippen molar-refractivity contribution in [3.63, 3.8) is 0 Å². The SMILES string of the molecule is O=C1CN(c2ccc(C(F)(F)F)cn2)[C@@H]2CCCC[C@@H]2N1. The number of piperazine rings is 1. The third kappa shape index (κ3) is 2.82. The van der Waals surface area contributed by atoms with E-state index in [-0.39, 0.29) is 24.5 Å². The third-order valence-corrected chi connectivity index (χ3v) is 4.16. The standard InChI is InChI=1S/C14H16F3N3O/c15-14(16,17)9-5-6-12(18-7-9)20-8-13(21)19-10-3-1-2-4-11(10)20/h5-7,10-11H,1-4,8H2,(H,19,21)/t10-,11+/m0/s1. The maximum Gasteiger partial charge on any atom is 0.417 e. The number of hydrogen-bond donors (Lipinski definition) is 1. The monoisotopic (exact) mass is 299 g/mol. The molecule has 7 heteroatoms. The summed E-state index contributed by atoms with van der Waals surface area (Å²) in [6.45, 7) is 0.152. The van der Waals surface area contributed by atoms with Crippen molar-refractivity contribution in [2.24, 2.45) is 0 Å². The molecule has 1 amide bonds. The minimum Gasteiger partial charge on any atom is -0.350 e. The van der Waals surface area contributed by atoms with Crippen LogP contribution in [-0.2, 0) is 11.0 Å². The number of nitrogens with one attached hydrogen (secondary N) is 1. The average Bonchev–Trinajstić information content (AvgIpc) is 2.45. The van der Waals surface area contributed by atoms with Crippen molar-refractivity contribution in [1.29, 1.82) is 0 Å². The fourth-order valence-electron chi connectivity index (χ4n) is 3.15. The molecular formula is C14H16F3N3O. The Kier molecular flexibility index (Phi) is 3.51. The molecule has 1 saturated heterocycles. The van der Waals surface area contributed by atoms with E-state index in [2.05, 4.69) is 10.3 Å². The summed E-state index contributed by atoms with van der Waals surface area (Å²) in [4.78, 5) is 17.5. The van der Waals surface area contributed by atoms with E-state index in [1.807, 2.05) is 4.90 Å². The lowest BCUT2D eigenvalue weighted by molar-refractivity contribution is -0.137. The molecule has 0 bridgehead atoms. The summed E-state index contributed by atoms with van der Waals surface area (Å²) in [6.07, 6.45) is 0.406. The molecular weight excluding hydrogens is 283 g/mol. The molecule has 4 nitrogen and oxygen atoms in total. The smallest absolute Gasteiger partial charge is 0.350 e. The molecule has 1 N–H and O–H groups in total. The number of halogens is 3. The van der Waals surface area contributed by atoms with Crippen LogP contribution in [0.25, 0.3) is 0 Å². The summed E-state index contributed by atoms with van der Waals surface area (Å²) in [5.74, 6) is 0.342. The number of anilines is 1. The fourth-order valence-corrected chi connectivity index (χ4v) is 3.15. The number of alkyl halides is 3. The maximum atomic E-state index is 12.6. The van der Waals surface area contributed by atoms with Crippen molar-refractivity contribution in [3.05, 3.63) is 23.9 Å². The van der Waals surface area contributed by atoms with Gasteiger partial charge in [0.15, 0.2) is 0 Å². The number of carbonyl (C=O) groups is 1. The lowest BCUT2D eigenvalue weighted by Crippen LogP contribution is -2.62. The Labute approximate surface area is 120 Å². The zero-order valence-electron chi connectivity index (χ0n) is 11.4. The summed E-state index contributed by atoms with van der Waals surface area (Å²) in [7, 11) is 0. The van der Waals surface area contributed by atoms with E-state index < -0.39 is 11.7 Å². The van der Waals surface area contributed by atoms with Gasteiger partial charge in [-0.05, 0) is 25.0 Å². The molecule has 0 radical (unpaired) electrons. The van der Waals surface area contributed by atoms with E-state index in [9.17, 15) is 18.0 Å². The molecule has 2 heterocycles. The molecule has 2 atom stereocenters. The van der Waals surface area contributed by atoms with Gasteiger partial charge in [-0.3, -0.25) is 4.79 Å². The number of aromatic nitrogens is 1. The topological polar surface area (TPSA) is 45.2 Å². The van der Waals surface area contributed by atoms with Crippen LogP contribution >= 0.6 is 0 Å². The van der Waals surface area contributed by atoms with Crippen LogP contribution in [0.2, 0.25) is 0 Å². The summed E-state index contributed by atoms with van der Waals surface area (Å²) in [5.41, 5.74) is -0.770. The number of fused-ring (bicyclic) bond motifs is 1. The largest absolute Gasteiger partial charge is 0.417 e. The van der Waals surface area contributed by atoms with E-state index in [0.717, 1.165) is 37.9 Å². The van der Waals surface area contributed by atoms with E-state index >= 15 is 0 Å². The van der Waals surface area contributed by atoms with Crippen LogP contribution in [0.15, 0.2) is 18.3 Å². The average molecular weight is 299 g/mol. The van der Waals surface area contributed by atoms with Gasteiger partial charge in [0.05, 0.1) is 18.2 Å². The van der Waals surface area contributed by atoms with Gasteiger partial charge in [0.2, 0.25) is 5.91 Å². The van der Waals surface area contributed by atoms with Gasteiger partial charge in [0.1, 0.15) is 5.82 Å². The first-order chi connectivity index (χ1) is 9.95. The molecule has 1 aliphatic heterocycles. The lowest BCUT2D eigenvalue weighted by atomic mass is 9.87. The number of rotatable bonds is 1. The van der Waals surface area contributed by atoms with Gasteiger partial charge >= 0.3 is 6.18 Å². The predicted molar refractivity (Wildman–Crippen MR) is 70.8 cm³/mol. The van der Waals surface area contributed by atoms with E-state index in [1.165, 1.54) is 6.07 Å². The minimum absolute atomic E-state index is 0.0732. The molecule has 0 spiro atoms. The summed E-state index contributed by atoms with van der Waals surface area (Å²) in [6, 6.07) is 2.57. The highest BCUT2D eigenvalue weighted by Gasteiger charge is 2.37. The molecule has 21 heavy (non-hydrogen) atoms. The number of nitrogens with zero attached hydrogens (tertiary/aromatic N) is 2. The molecule has 2 fully saturated rings. The quantitative estimate of drug-likeness (QED) is 0.866. The zero-order chi connectivity index (χ0) is 15.0. The normalized spacial score (nSPS) is 26.2. The molecule has 1 saturated carbocycles. The second-order valence-corrected chi connectivity index (χ2v) is 5.56. The highest BCUT2D eigenvalue weighted by Crippen LogP contribution is 2.32. The third-order valence-electron chi connectivity index (χ3n) is 4.16. The van der Waals surface area contributed by atoms with Gasteiger partial charge in [-0.1, -0.05) is 12.8 Å². The Morgan fingerprint density at radius 3 is 2.67 bits per heavy atom.